The summed E-state index contributed by atoms with van der Waals surface area (Å²) < 4.78 is 24.2. The van der Waals surface area contributed by atoms with Gasteiger partial charge >= 0.3 is 11.7 Å². The highest BCUT2D eigenvalue weighted by Gasteiger charge is 2.38. The minimum atomic E-state index is -1.14. The summed E-state index contributed by atoms with van der Waals surface area (Å²) in [6.07, 6.45) is -1.97. The molecule has 1 aromatic heterocycles. The third-order valence-corrected chi connectivity index (χ3v) is 2.81. The maximum Gasteiger partial charge on any atom is 0.330 e. The van der Waals surface area contributed by atoms with E-state index in [1.165, 1.54) is 6.92 Å². The van der Waals surface area contributed by atoms with Crippen molar-refractivity contribution >= 4 is 5.97 Å². The number of halogens is 1. The van der Waals surface area contributed by atoms with Crippen LogP contribution in [0.25, 0.3) is 0 Å². The van der Waals surface area contributed by atoms with Crippen molar-refractivity contribution < 1.29 is 23.8 Å². The van der Waals surface area contributed by atoms with Gasteiger partial charge in [-0.2, -0.15) is 4.39 Å². The molecule has 1 saturated heterocycles. The Bertz CT molecular complexity index is 624. The van der Waals surface area contributed by atoms with Crippen molar-refractivity contribution in [1.82, 2.24) is 9.55 Å². The van der Waals surface area contributed by atoms with Gasteiger partial charge in [0.05, 0.1) is 6.20 Å². The van der Waals surface area contributed by atoms with Crippen LogP contribution in [0.2, 0.25) is 0 Å². The van der Waals surface area contributed by atoms with Crippen molar-refractivity contribution in [1.29, 1.82) is 0 Å². The van der Waals surface area contributed by atoms with E-state index < -0.39 is 41.5 Å². The van der Waals surface area contributed by atoms with Gasteiger partial charge in [0.2, 0.25) is 5.82 Å². The highest BCUT2D eigenvalue weighted by molar-refractivity contribution is 5.66. The van der Waals surface area contributed by atoms with Crippen molar-refractivity contribution in [2.45, 2.75) is 31.8 Å². The van der Waals surface area contributed by atoms with Crippen LogP contribution < -0.4 is 11.2 Å². The molecule has 2 N–H and O–H groups in total. The van der Waals surface area contributed by atoms with Gasteiger partial charge in [-0.25, -0.2) is 4.79 Å². The summed E-state index contributed by atoms with van der Waals surface area (Å²) in [5.41, 5.74) is -1.99. The van der Waals surface area contributed by atoms with Gasteiger partial charge in [0, 0.05) is 13.3 Å². The summed E-state index contributed by atoms with van der Waals surface area (Å²) >= 11 is 0. The maximum atomic E-state index is 13.2. The molecule has 1 fully saturated rings. The molecule has 0 aromatic carbocycles. The van der Waals surface area contributed by atoms with Crippen LogP contribution in [0.15, 0.2) is 15.8 Å². The Morgan fingerprint density at radius 3 is 2.95 bits per heavy atom. The number of hydrogen-bond donors (Lipinski definition) is 2. The quantitative estimate of drug-likeness (QED) is 0.720. The Labute approximate surface area is 111 Å². The number of carbonyl (C=O) groups excluding carboxylic acids is 1. The van der Waals surface area contributed by atoms with Gasteiger partial charge in [0.1, 0.15) is 25.0 Å². The Morgan fingerprint density at radius 2 is 2.35 bits per heavy atom. The van der Waals surface area contributed by atoms with Gasteiger partial charge in [-0.3, -0.25) is 19.1 Å². The highest BCUT2D eigenvalue weighted by atomic mass is 19.1. The number of esters is 1. The van der Waals surface area contributed by atoms with Gasteiger partial charge in [-0.05, 0) is 0 Å². The predicted molar refractivity (Wildman–Crippen MR) is 61.6 cm³/mol. The number of carbonyl (C=O) groups is 1. The Balaban J connectivity index is 2.27. The molecule has 109 valence electrons. The minimum Gasteiger partial charge on any atom is -0.459 e. The lowest BCUT2D eigenvalue weighted by Gasteiger charge is -2.14. The fraction of sp³-hybridized carbons (Fsp3) is 0.455. The van der Waals surface area contributed by atoms with Crippen LogP contribution in [0.3, 0.4) is 0 Å². The molecular formula is C11H12FN2O6. The molecule has 0 unspecified atom stereocenters. The van der Waals surface area contributed by atoms with E-state index in [1.807, 2.05) is 0 Å². The summed E-state index contributed by atoms with van der Waals surface area (Å²) in [5, 5.41) is 9.02. The van der Waals surface area contributed by atoms with Gasteiger partial charge in [0.25, 0.3) is 5.56 Å². The van der Waals surface area contributed by atoms with Crippen LogP contribution >= 0.6 is 0 Å². The van der Waals surface area contributed by atoms with Crippen LogP contribution in [0.1, 0.15) is 19.6 Å². The lowest BCUT2D eigenvalue weighted by molar-refractivity contribution is -0.149. The molecule has 0 aliphatic carbocycles. The molecule has 20 heavy (non-hydrogen) atoms. The number of H-pyrrole nitrogens is 1. The number of aliphatic hydroxyl groups excluding tert-OH is 1. The van der Waals surface area contributed by atoms with Crippen LogP contribution in [0, 0.1) is 12.4 Å². The molecular weight excluding hydrogens is 275 g/mol. The second-order valence-electron chi connectivity index (χ2n) is 4.23. The molecule has 0 amide bonds. The highest BCUT2D eigenvalue weighted by Crippen LogP contribution is 2.30. The first-order valence-electron chi connectivity index (χ1n) is 5.73. The molecule has 1 aliphatic heterocycles. The maximum absolute atomic E-state index is 13.2. The van der Waals surface area contributed by atoms with Crippen molar-refractivity contribution in [2.24, 2.45) is 0 Å². The summed E-state index contributed by atoms with van der Waals surface area (Å²) in [5.74, 6) is -1.72. The van der Waals surface area contributed by atoms with Gasteiger partial charge in [0.15, 0.2) is 0 Å². The third-order valence-electron chi connectivity index (χ3n) is 2.81. The van der Waals surface area contributed by atoms with E-state index in [-0.39, 0.29) is 6.42 Å². The number of nitrogens with one attached hydrogen (secondary N) is 1. The predicted octanol–water partition coefficient (Wildman–Crippen LogP) is -0.571. The van der Waals surface area contributed by atoms with Crippen molar-refractivity contribution in [3.05, 3.63) is 39.5 Å². The van der Waals surface area contributed by atoms with Crippen LogP contribution in [0.5, 0.6) is 0 Å². The van der Waals surface area contributed by atoms with Crippen molar-refractivity contribution in [3.63, 3.8) is 0 Å². The first-order chi connectivity index (χ1) is 9.42. The smallest absolute Gasteiger partial charge is 0.330 e. The topological polar surface area (TPSA) is 111 Å². The molecule has 0 bridgehead atoms. The number of nitrogens with zero attached hydrogens (tertiary/aromatic N) is 1. The average molecular weight is 287 g/mol. The summed E-state index contributed by atoms with van der Waals surface area (Å²) in [6, 6.07) is 0. The molecule has 9 heteroatoms. The van der Waals surface area contributed by atoms with Crippen LogP contribution in [-0.2, 0) is 14.3 Å². The lowest BCUT2D eigenvalue weighted by atomic mass is 10.2. The molecule has 3 atom stereocenters. The molecule has 0 spiro atoms. The van der Waals surface area contributed by atoms with E-state index in [4.69, 9.17) is 14.6 Å². The average Bonchev–Trinajstić information content (AvgIpc) is 2.75. The molecule has 1 aliphatic rings. The molecule has 2 heterocycles. The van der Waals surface area contributed by atoms with E-state index in [0.29, 0.717) is 12.8 Å². The molecule has 0 saturated carbocycles. The zero-order chi connectivity index (χ0) is 14.9. The largest absolute Gasteiger partial charge is 0.459 e. The zero-order valence-corrected chi connectivity index (χ0v) is 10.4. The minimum absolute atomic E-state index is 0.0344. The second-order valence-corrected chi connectivity index (χ2v) is 4.23. The fourth-order valence-corrected chi connectivity index (χ4v) is 1.97. The number of aromatic nitrogens is 2. The standard InChI is InChI=1S/C11H12FN2O6/c1-5(16)19-7-2-9(20-8(7)4-15)14-3-6(12)10(17)13-11(14)18/h3-4,7-9,15H,2H2,1H3,(H,13,17,18)/t7-,8+,9+/m0/s1. The van der Waals surface area contributed by atoms with E-state index in [0.717, 1.165) is 4.57 Å². The Kier molecular flexibility index (Phi) is 4.00. The van der Waals surface area contributed by atoms with E-state index in [2.05, 4.69) is 0 Å². The molecule has 1 aromatic rings. The van der Waals surface area contributed by atoms with Gasteiger partial charge < -0.3 is 14.6 Å². The second kappa shape index (κ2) is 5.55. The van der Waals surface area contributed by atoms with E-state index in [1.54, 1.807) is 4.98 Å². The number of hydrogen-bond acceptors (Lipinski definition) is 6. The normalized spacial score (nSPS) is 25.6. The molecule has 1 radical (unpaired) electrons. The number of rotatable bonds is 3. The fourth-order valence-electron chi connectivity index (χ4n) is 1.97. The number of ether oxygens (including phenoxy) is 2. The van der Waals surface area contributed by atoms with Crippen molar-refractivity contribution in [3.8, 4) is 0 Å². The number of aliphatic hydroxyl groups is 1. The first-order valence-corrected chi connectivity index (χ1v) is 5.73. The Hall–Kier alpha value is -2.00. The first kappa shape index (κ1) is 14.4. The summed E-state index contributed by atoms with van der Waals surface area (Å²) in [7, 11) is 0. The third kappa shape index (κ3) is 2.78. The van der Waals surface area contributed by atoms with Crippen LogP contribution in [-0.4, -0.2) is 32.8 Å². The summed E-state index contributed by atoms with van der Waals surface area (Å²) in [6.45, 7) is 1.87. The zero-order valence-electron chi connectivity index (χ0n) is 10.4. The number of aromatic amines is 1. The molecule has 2 rings (SSSR count). The SMILES string of the molecule is CC(=O)O[C@H]1C[C@H](n2cc(F)c(=O)[nH]c2=O)O[C@@H]1[CH]O. The molecule has 8 nitrogen and oxygen atoms in total. The van der Waals surface area contributed by atoms with E-state index >= 15 is 0 Å². The van der Waals surface area contributed by atoms with Gasteiger partial charge in [-0.1, -0.05) is 0 Å². The van der Waals surface area contributed by atoms with Gasteiger partial charge in [-0.15, -0.1) is 0 Å². The Morgan fingerprint density at radius 1 is 1.65 bits per heavy atom. The monoisotopic (exact) mass is 287 g/mol. The van der Waals surface area contributed by atoms with Crippen LogP contribution in [0.4, 0.5) is 4.39 Å². The summed E-state index contributed by atoms with van der Waals surface area (Å²) in [4.78, 5) is 35.2. The lowest BCUT2D eigenvalue weighted by Crippen LogP contribution is -2.33. The van der Waals surface area contributed by atoms with E-state index in [9.17, 15) is 18.8 Å². The van der Waals surface area contributed by atoms with Crippen molar-refractivity contribution in [2.75, 3.05) is 0 Å².